The van der Waals surface area contributed by atoms with E-state index in [1.807, 2.05) is 50.2 Å². The van der Waals surface area contributed by atoms with Gasteiger partial charge in [0.2, 0.25) is 0 Å². The number of rotatable bonds is 5. The molecule has 4 heteroatoms. The van der Waals surface area contributed by atoms with Crippen LogP contribution in [-0.4, -0.2) is 11.9 Å². The molecule has 1 aromatic carbocycles. The van der Waals surface area contributed by atoms with Gasteiger partial charge in [-0.2, -0.15) is 0 Å². The van der Waals surface area contributed by atoms with Crippen molar-refractivity contribution < 1.29 is 9.21 Å². The van der Waals surface area contributed by atoms with Gasteiger partial charge in [0.25, 0.3) is 5.91 Å². The minimum absolute atomic E-state index is 0.00245. The maximum Gasteiger partial charge on any atom is 0.251 e. The number of carbonyl (C=O) groups excluding carboxylic acids is 1. The van der Waals surface area contributed by atoms with Gasteiger partial charge in [0, 0.05) is 17.3 Å². The Morgan fingerprint density at radius 2 is 2.10 bits per heavy atom. The highest BCUT2D eigenvalue weighted by molar-refractivity contribution is 5.95. The van der Waals surface area contributed by atoms with Crippen LogP contribution in [0.25, 0.3) is 0 Å². The van der Waals surface area contributed by atoms with Crippen molar-refractivity contribution in [3.05, 3.63) is 53.5 Å². The fourth-order valence-corrected chi connectivity index (χ4v) is 2.25. The first-order valence-electron chi connectivity index (χ1n) is 7.35. The molecule has 0 aliphatic heterocycles. The van der Waals surface area contributed by atoms with Gasteiger partial charge in [-0.05, 0) is 57.0 Å². The summed E-state index contributed by atoms with van der Waals surface area (Å²) in [4.78, 5) is 12.0. The molecule has 21 heavy (non-hydrogen) atoms. The smallest absolute Gasteiger partial charge is 0.251 e. The van der Waals surface area contributed by atoms with E-state index in [1.54, 1.807) is 0 Å². The molecule has 4 nitrogen and oxygen atoms in total. The summed E-state index contributed by atoms with van der Waals surface area (Å²) >= 11 is 0. The standard InChI is InChI=1S/C17H20N2O2/c1-11-6-9-16(21-11)12(2)18-15-5-3-4-13(10-15)17(20)19-14-7-8-14/h3-6,9-10,12,14,18H,7-8H2,1-2H3,(H,19,20). The van der Waals surface area contributed by atoms with E-state index in [0.717, 1.165) is 30.0 Å². The number of anilines is 1. The van der Waals surface area contributed by atoms with Crippen molar-refractivity contribution in [1.29, 1.82) is 0 Å². The number of amides is 1. The molecule has 1 amide bonds. The zero-order chi connectivity index (χ0) is 14.8. The molecule has 0 spiro atoms. The van der Waals surface area contributed by atoms with Gasteiger partial charge in [-0.15, -0.1) is 0 Å². The van der Waals surface area contributed by atoms with E-state index in [0.29, 0.717) is 11.6 Å². The Hall–Kier alpha value is -2.23. The number of aryl methyl sites for hydroxylation is 1. The molecule has 1 saturated carbocycles. The normalized spacial score (nSPS) is 15.5. The fourth-order valence-electron chi connectivity index (χ4n) is 2.25. The predicted molar refractivity (Wildman–Crippen MR) is 82.4 cm³/mol. The Morgan fingerprint density at radius 1 is 1.29 bits per heavy atom. The van der Waals surface area contributed by atoms with Crippen molar-refractivity contribution >= 4 is 11.6 Å². The van der Waals surface area contributed by atoms with Crippen molar-refractivity contribution in [3.8, 4) is 0 Å². The van der Waals surface area contributed by atoms with E-state index in [2.05, 4.69) is 10.6 Å². The molecule has 1 aliphatic rings. The summed E-state index contributed by atoms with van der Waals surface area (Å²) in [6, 6.07) is 11.9. The Kier molecular flexibility index (Phi) is 3.69. The predicted octanol–water partition coefficient (Wildman–Crippen LogP) is 3.65. The summed E-state index contributed by atoms with van der Waals surface area (Å²) in [6.07, 6.45) is 2.19. The summed E-state index contributed by atoms with van der Waals surface area (Å²) in [6.45, 7) is 3.97. The molecule has 1 atom stereocenters. The molecule has 0 saturated heterocycles. The lowest BCUT2D eigenvalue weighted by Crippen LogP contribution is -2.25. The van der Waals surface area contributed by atoms with Crippen LogP contribution in [-0.2, 0) is 0 Å². The van der Waals surface area contributed by atoms with Crippen molar-refractivity contribution in [3.63, 3.8) is 0 Å². The van der Waals surface area contributed by atoms with Crippen molar-refractivity contribution in [2.24, 2.45) is 0 Å². The largest absolute Gasteiger partial charge is 0.464 e. The highest BCUT2D eigenvalue weighted by atomic mass is 16.3. The Labute approximate surface area is 124 Å². The third kappa shape index (κ3) is 3.45. The molecular weight excluding hydrogens is 264 g/mol. The van der Waals surface area contributed by atoms with Crippen LogP contribution in [0.2, 0.25) is 0 Å². The molecule has 0 radical (unpaired) electrons. The third-order valence-electron chi connectivity index (χ3n) is 3.61. The van der Waals surface area contributed by atoms with Crippen LogP contribution in [0.1, 0.15) is 47.7 Å². The van der Waals surface area contributed by atoms with Crippen LogP contribution in [0.15, 0.2) is 40.8 Å². The van der Waals surface area contributed by atoms with E-state index in [4.69, 9.17) is 4.42 Å². The average molecular weight is 284 g/mol. The maximum atomic E-state index is 12.0. The second kappa shape index (κ2) is 5.64. The van der Waals surface area contributed by atoms with Crippen LogP contribution >= 0.6 is 0 Å². The van der Waals surface area contributed by atoms with E-state index in [-0.39, 0.29) is 11.9 Å². The topological polar surface area (TPSA) is 54.3 Å². The maximum absolute atomic E-state index is 12.0. The van der Waals surface area contributed by atoms with Crippen molar-refractivity contribution in [2.45, 2.75) is 38.8 Å². The molecule has 2 aromatic rings. The van der Waals surface area contributed by atoms with E-state index >= 15 is 0 Å². The Balaban J connectivity index is 1.68. The lowest BCUT2D eigenvalue weighted by molar-refractivity contribution is 0.0951. The molecule has 1 unspecified atom stereocenters. The summed E-state index contributed by atoms with van der Waals surface area (Å²) in [7, 11) is 0. The van der Waals surface area contributed by atoms with E-state index in [9.17, 15) is 4.79 Å². The molecule has 1 heterocycles. The van der Waals surface area contributed by atoms with E-state index in [1.165, 1.54) is 0 Å². The average Bonchev–Trinajstić information content (AvgIpc) is 3.17. The molecule has 3 rings (SSSR count). The first-order chi connectivity index (χ1) is 10.1. The number of benzene rings is 1. The number of hydrogen-bond donors (Lipinski definition) is 2. The Bertz CT molecular complexity index is 644. The summed E-state index contributed by atoms with van der Waals surface area (Å²) in [5, 5.41) is 6.36. The second-order valence-electron chi connectivity index (χ2n) is 5.64. The van der Waals surface area contributed by atoms with Gasteiger partial charge in [0.05, 0.1) is 6.04 Å². The SMILES string of the molecule is Cc1ccc(C(C)Nc2cccc(C(=O)NC3CC3)c2)o1. The lowest BCUT2D eigenvalue weighted by Gasteiger charge is -2.14. The zero-order valence-corrected chi connectivity index (χ0v) is 12.3. The first-order valence-corrected chi connectivity index (χ1v) is 7.35. The summed E-state index contributed by atoms with van der Waals surface area (Å²) < 4.78 is 5.61. The number of furan rings is 1. The van der Waals surface area contributed by atoms with E-state index < -0.39 is 0 Å². The van der Waals surface area contributed by atoms with Gasteiger partial charge in [-0.25, -0.2) is 0 Å². The van der Waals surface area contributed by atoms with Crippen molar-refractivity contribution in [2.75, 3.05) is 5.32 Å². The molecule has 1 aliphatic carbocycles. The number of carbonyl (C=O) groups is 1. The molecular formula is C17H20N2O2. The summed E-state index contributed by atoms with van der Waals surface area (Å²) in [5.74, 6) is 1.79. The highest BCUT2D eigenvalue weighted by Gasteiger charge is 2.23. The van der Waals surface area contributed by atoms with Crippen molar-refractivity contribution in [1.82, 2.24) is 5.32 Å². The van der Waals surface area contributed by atoms with Crippen LogP contribution in [0, 0.1) is 6.92 Å². The van der Waals surface area contributed by atoms with Gasteiger partial charge in [0.1, 0.15) is 11.5 Å². The van der Waals surface area contributed by atoms with Gasteiger partial charge >= 0.3 is 0 Å². The third-order valence-corrected chi connectivity index (χ3v) is 3.61. The molecule has 110 valence electrons. The lowest BCUT2D eigenvalue weighted by atomic mass is 10.1. The quantitative estimate of drug-likeness (QED) is 0.881. The second-order valence-corrected chi connectivity index (χ2v) is 5.64. The Morgan fingerprint density at radius 3 is 2.76 bits per heavy atom. The van der Waals surface area contributed by atoms with Gasteiger partial charge in [-0.3, -0.25) is 4.79 Å². The minimum atomic E-state index is 0.00245. The van der Waals surface area contributed by atoms with Crippen LogP contribution in [0.4, 0.5) is 5.69 Å². The molecule has 1 aromatic heterocycles. The first kappa shape index (κ1) is 13.7. The minimum Gasteiger partial charge on any atom is -0.464 e. The number of hydrogen-bond acceptors (Lipinski definition) is 3. The highest BCUT2D eigenvalue weighted by Crippen LogP contribution is 2.23. The van der Waals surface area contributed by atoms with Gasteiger partial charge < -0.3 is 15.1 Å². The van der Waals surface area contributed by atoms with Gasteiger partial charge in [0.15, 0.2) is 0 Å². The number of nitrogens with one attached hydrogen (secondary N) is 2. The molecule has 1 fully saturated rings. The summed E-state index contributed by atoms with van der Waals surface area (Å²) in [5.41, 5.74) is 1.61. The van der Waals surface area contributed by atoms with Crippen LogP contribution in [0.5, 0.6) is 0 Å². The van der Waals surface area contributed by atoms with Gasteiger partial charge in [-0.1, -0.05) is 6.07 Å². The fraction of sp³-hybridized carbons (Fsp3) is 0.353. The zero-order valence-electron chi connectivity index (χ0n) is 12.3. The monoisotopic (exact) mass is 284 g/mol. The van der Waals surface area contributed by atoms with Crippen LogP contribution < -0.4 is 10.6 Å². The molecule has 2 N–H and O–H groups in total. The molecule has 0 bridgehead atoms. The van der Waals surface area contributed by atoms with Crippen LogP contribution in [0.3, 0.4) is 0 Å².